The van der Waals surface area contributed by atoms with Crippen molar-refractivity contribution in [2.45, 2.75) is 79.6 Å². The molecule has 0 fully saturated rings. The molecule has 0 N–H and O–H groups in total. The standard InChI is InChI=1S/C21H31N.C2H6/c1-4-6-8-11-17-22-20(13-7-5-2)18(3)15-16-19-12-9-10-14-21(19)22;1-2/h5,7,9-10,12,14H,4,6,8,11,13,15-17H2,1-3H3;1-2H3/b7-5-;. The Kier molecular flexibility index (Phi) is 10.2. The van der Waals surface area contributed by atoms with E-state index in [0.29, 0.717) is 0 Å². The lowest BCUT2D eigenvalue weighted by Crippen LogP contribution is -2.24. The van der Waals surface area contributed by atoms with Crippen LogP contribution in [0.15, 0.2) is 47.7 Å². The number of fused-ring (bicyclic) bond motifs is 1. The lowest BCUT2D eigenvalue weighted by atomic mass is 10.1. The van der Waals surface area contributed by atoms with Crippen LogP contribution in [-0.4, -0.2) is 6.54 Å². The molecule has 0 spiro atoms. The van der Waals surface area contributed by atoms with Gasteiger partial charge in [-0.3, -0.25) is 0 Å². The zero-order valence-corrected chi connectivity index (χ0v) is 16.6. The van der Waals surface area contributed by atoms with Crippen molar-refractivity contribution in [1.29, 1.82) is 0 Å². The highest BCUT2D eigenvalue weighted by atomic mass is 15.1. The number of nitrogens with zero attached hydrogens (tertiary/aromatic N) is 1. The maximum atomic E-state index is 2.60. The maximum absolute atomic E-state index is 2.60. The predicted molar refractivity (Wildman–Crippen MR) is 110 cm³/mol. The second kappa shape index (κ2) is 11.9. The van der Waals surface area contributed by atoms with E-state index in [1.165, 1.54) is 55.5 Å². The Morgan fingerprint density at radius 3 is 2.50 bits per heavy atom. The van der Waals surface area contributed by atoms with E-state index in [9.17, 15) is 0 Å². The van der Waals surface area contributed by atoms with E-state index in [1.807, 2.05) is 13.8 Å². The van der Waals surface area contributed by atoms with E-state index in [-0.39, 0.29) is 0 Å². The monoisotopic (exact) mass is 327 g/mol. The molecule has 0 saturated carbocycles. The zero-order chi connectivity index (χ0) is 17.8. The fourth-order valence-electron chi connectivity index (χ4n) is 3.29. The first kappa shape index (κ1) is 20.5. The van der Waals surface area contributed by atoms with Gasteiger partial charge in [-0.25, -0.2) is 0 Å². The first-order chi connectivity index (χ1) is 11.8. The lowest BCUT2D eigenvalue weighted by molar-refractivity contribution is 0.658. The minimum atomic E-state index is 1.06. The van der Waals surface area contributed by atoms with Crippen LogP contribution < -0.4 is 4.90 Å². The number of para-hydroxylation sites is 1. The van der Waals surface area contributed by atoms with Gasteiger partial charge in [0.05, 0.1) is 0 Å². The molecule has 0 radical (unpaired) electrons. The van der Waals surface area contributed by atoms with Crippen molar-refractivity contribution in [2.75, 3.05) is 11.4 Å². The molecule has 1 heterocycles. The van der Waals surface area contributed by atoms with Gasteiger partial charge in [-0.1, -0.05) is 76.0 Å². The molecular weight excluding hydrogens is 290 g/mol. The average Bonchev–Trinajstić information content (AvgIpc) is 2.76. The number of rotatable bonds is 7. The first-order valence-corrected chi connectivity index (χ1v) is 9.93. The minimum Gasteiger partial charge on any atom is -0.345 e. The minimum absolute atomic E-state index is 1.06. The van der Waals surface area contributed by atoms with Crippen LogP contribution in [0, 0.1) is 0 Å². The van der Waals surface area contributed by atoms with Crippen LogP contribution in [0.1, 0.15) is 78.7 Å². The van der Waals surface area contributed by atoms with Crippen molar-refractivity contribution in [2.24, 2.45) is 0 Å². The molecule has 0 aliphatic carbocycles. The van der Waals surface area contributed by atoms with Crippen LogP contribution in [0.25, 0.3) is 0 Å². The molecular formula is C23H37N. The SMILES string of the molecule is C/C=C\CC1=C(C)CCc2ccccc2N1CCCCCC.CC. The van der Waals surface area contributed by atoms with Crippen molar-refractivity contribution in [1.82, 2.24) is 0 Å². The summed E-state index contributed by atoms with van der Waals surface area (Å²) in [4.78, 5) is 2.60. The molecule has 0 unspecified atom stereocenters. The molecule has 1 aromatic carbocycles. The number of hydrogen-bond donors (Lipinski definition) is 0. The molecule has 0 atom stereocenters. The topological polar surface area (TPSA) is 3.24 Å². The van der Waals surface area contributed by atoms with E-state index in [2.05, 4.69) is 62.1 Å². The van der Waals surface area contributed by atoms with Crippen LogP contribution >= 0.6 is 0 Å². The molecule has 2 rings (SSSR count). The van der Waals surface area contributed by atoms with E-state index >= 15 is 0 Å². The molecule has 1 aliphatic heterocycles. The molecule has 0 saturated heterocycles. The molecule has 1 aromatic rings. The van der Waals surface area contributed by atoms with Crippen molar-refractivity contribution in [3.63, 3.8) is 0 Å². The summed E-state index contributed by atoms with van der Waals surface area (Å²) in [5.74, 6) is 0. The summed E-state index contributed by atoms with van der Waals surface area (Å²) in [6.45, 7) is 11.9. The normalized spacial score (nSPS) is 14.3. The van der Waals surface area contributed by atoms with Gasteiger partial charge in [0.2, 0.25) is 0 Å². The number of anilines is 1. The molecule has 0 amide bonds. The summed E-state index contributed by atoms with van der Waals surface area (Å²) in [6.07, 6.45) is 13.2. The van der Waals surface area contributed by atoms with Crippen LogP contribution in [0.2, 0.25) is 0 Å². The number of hydrogen-bond acceptors (Lipinski definition) is 1. The second-order valence-electron chi connectivity index (χ2n) is 6.34. The van der Waals surface area contributed by atoms with Gasteiger partial charge in [0.25, 0.3) is 0 Å². The number of unbranched alkanes of at least 4 members (excludes halogenated alkanes) is 3. The van der Waals surface area contributed by atoms with Crippen molar-refractivity contribution in [3.05, 3.63) is 53.3 Å². The largest absolute Gasteiger partial charge is 0.345 e. The Balaban J connectivity index is 0.00000139. The van der Waals surface area contributed by atoms with Gasteiger partial charge in [-0.2, -0.15) is 0 Å². The summed E-state index contributed by atoms with van der Waals surface area (Å²) in [5.41, 5.74) is 6.03. The lowest BCUT2D eigenvalue weighted by Gasteiger charge is -2.29. The molecule has 134 valence electrons. The Morgan fingerprint density at radius 2 is 1.79 bits per heavy atom. The highest BCUT2D eigenvalue weighted by molar-refractivity contribution is 5.60. The fraction of sp³-hybridized carbons (Fsp3) is 0.565. The van der Waals surface area contributed by atoms with Crippen molar-refractivity contribution >= 4 is 5.69 Å². The predicted octanol–water partition coefficient (Wildman–Crippen LogP) is 7.29. The Bertz CT molecular complexity index is 525. The van der Waals surface area contributed by atoms with Gasteiger partial charge in [-0.15, -0.1) is 0 Å². The number of allylic oxidation sites excluding steroid dienone is 3. The summed E-state index contributed by atoms with van der Waals surface area (Å²) in [6, 6.07) is 8.98. The smallest absolute Gasteiger partial charge is 0.0440 e. The van der Waals surface area contributed by atoms with E-state index in [4.69, 9.17) is 0 Å². The Hall–Kier alpha value is -1.50. The molecule has 1 aliphatic rings. The van der Waals surface area contributed by atoms with Crippen LogP contribution in [0.5, 0.6) is 0 Å². The van der Waals surface area contributed by atoms with Gasteiger partial charge < -0.3 is 4.90 Å². The van der Waals surface area contributed by atoms with E-state index in [1.54, 1.807) is 5.57 Å². The molecule has 1 nitrogen and oxygen atoms in total. The van der Waals surface area contributed by atoms with Gasteiger partial charge in [0.1, 0.15) is 0 Å². The summed E-state index contributed by atoms with van der Waals surface area (Å²) >= 11 is 0. The van der Waals surface area contributed by atoms with Crippen LogP contribution in [-0.2, 0) is 6.42 Å². The Labute approximate surface area is 150 Å². The van der Waals surface area contributed by atoms with E-state index in [0.717, 1.165) is 13.0 Å². The molecule has 1 heteroatoms. The molecule has 0 aromatic heterocycles. The third kappa shape index (κ3) is 5.85. The summed E-state index contributed by atoms with van der Waals surface area (Å²) in [5, 5.41) is 0. The van der Waals surface area contributed by atoms with Crippen molar-refractivity contribution < 1.29 is 0 Å². The average molecular weight is 328 g/mol. The molecule has 0 bridgehead atoms. The Morgan fingerprint density at radius 1 is 1.04 bits per heavy atom. The second-order valence-corrected chi connectivity index (χ2v) is 6.34. The van der Waals surface area contributed by atoms with Gasteiger partial charge in [-0.05, 0) is 44.7 Å². The van der Waals surface area contributed by atoms with Crippen LogP contribution in [0.3, 0.4) is 0 Å². The van der Waals surface area contributed by atoms with Crippen LogP contribution in [0.4, 0.5) is 5.69 Å². The van der Waals surface area contributed by atoms with E-state index < -0.39 is 0 Å². The highest BCUT2D eigenvalue weighted by Gasteiger charge is 2.19. The molecule has 24 heavy (non-hydrogen) atoms. The third-order valence-electron chi connectivity index (χ3n) is 4.65. The van der Waals surface area contributed by atoms with Crippen molar-refractivity contribution in [3.8, 4) is 0 Å². The zero-order valence-electron chi connectivity index (χ0n) is 16.6. The third-order valence-corrected chi connectivity index (χ3v) is 4.65. The number of benzene rings is 1. The maximum Gasteiger partial charge on any atom is 0.0440 e. The van der Waals surface area contributed by atoms with Gasteiger partial charge >= 0.3 is 0 Å². The number of aryl methyl sites for hydroxylation is 1. The highest BCUT2D eigenvalue weighted by Crippen LogP contribution is 2.33. The quantitative estimate of drug-likeness (QED) is 0.375. The van der Waals surface area contributed by atoms with Gasteiger partial charge in [0.15, 0.2) is 0 Å². The summed E-state index contributed by atoms with van der Waals surface area (Å²) < 4.78 is 0. The fourth-order valence-corrected chi connectivity index (χ4v) is 3.29. The first-order valence-electron chi connectivity index (χ1n) is 9.93. The summed E-state index contributed by atoms with van der Waals surface area (Å²) in [7, 11) is 0. The van der Waals surface area contributed by atoms with Gasteiger partial charge in [0, 0.05) is 24.4 Å².